The van der Waals surface area contributed by atoms with Crippen LogP contribution in [-0.4, -0.2) is 53.8 Å². The van der Waals surface area contributed by atoms with Gasteiger partial charge < -0.3 is 10.2 Å². The van der Waals surface area contributed by atoms with E-state index in [9.17, 15) is 9.59 Å². The molecule has 2 amide bonds. The SMILES string of the molecule is CC(=O)N[C@H]1CCCN(C(=O)[C@H]2CCCN(Cc3ccccc3)C2)C1. The maximum absolute atomic E-state index is 13.0. The van der Waals surface area contributed by atoms with E-state index in [1.807, 2.05) is 11.0 Å². The molecule has 1 aromatic rings. The third kappa shape index (κ3) is 5.05. The Labute approximate surface area is 150 Å². The van der Waals surface area contributed by atoms with Crippen LogP contribution in [0, 0.1) is 5.92 Å². The van der Waals surface area contributed by atoms with E-state index in [0.29, 0.717) is 6.54 Å². The molecular formula is C20H29N3O2. The van der Waals surface area contributed by atoms with Crippen molar-refractivity contribution in [3.63, 3.8) is 0 Å². The first kappa shape index (κ1) is 17.9. The summed E-state index contributed by atoms with van der Waals surface area (Å²) in [6, 6.07) is 10.6. The highest BCUT2D eigenvalue weighted by Gasteiger charge is 2.32. The Bertz CT molecular complexity index is 590. The van der Waals surface area contributed by atoms with Crippen LogP contribution in [0.1, 0.15) is 38.2 Å². The van der Waals surface area contributed by atoms with Crippen molar-refractivity contribution in [3.05, 3.63) is 35.9 Å². The van der Waals surface area contributed by atoms with Crippen LogP contribution >= 0.6 is 0 Å². The number of amides is 2. The van der Waals surface area contributed by atoms with Gasteiger partial charge >= 0.3 is 0 Å². The number of nitrogens with zero attached hydrogens (tertiary/aromatic N) is 2. The zero-order chi connectivity index (χ0) is 17.6. The van der Waals surface area contributed by atoms with E-state index < -0.39 is 0 Å². The van der Waals surface area contributed by atoms with Crippen LogP contribution in [0.5, 0.6) is 0 Å². The number of rotatable bonds is 4. The minimum Gasteiger partial charge on any atom is -0.352 e. The fraction of sp³-hybridized carbons (Fsp3) is 0.600. The van der Waals surface area contributed by atoms with E-state index in [-0.39, 0.29) is 23.8 Å². The third-order valence-corrected chi connectivity index (χ3v) is 5.24. The van der Waals surface area contributed by atoms with Gasteiger partial charge in [0.15, 0.2) is 0 Å². The molecule has 5 nitrogen and oxygen atoms in total. The number of hydrogen-bond acceptors (Lipinski definition) is 3. The number of nitrogens with one attached hydrogen (secondary N) is 1. The van der Waals surface area contributed by atoms with Crippen LogP contribution in [0.25, 0.3) is 0 Å². The number of carbonyl (C=O) groups excluding carboxylic acids is 2. The lowest BCUT2D eigenvalue weighted by Gasteiger charge is -2.38. The molecule has 2 heterocycles. The largest absolute Gasteiger partial charge is 0.352 e. The summed E-state index contributed by atoms with van der Waals surface area (Å²) >= 11 is 0. The van der Waals surface area contributed by atoms with Crippen molar-refractivity contribution in [1.82, 2.24) is 15.1 Å². The molecule has 136 valence electrons. The highest BCUT2D eigenvalue weighted by molar-refractivity contribution is 5.79. The minimum atomic E-state index is -0.00833. The maximum atomic E-state index is 13.0. The van der Waals surface area contributed by atoms with Crippen LogP contribution in [0.2, 0.25) is 0 Å². The average Bonchev–Trinajstić information content (AvgIpc) is 2.62. The van der Waals surface area contributed by atoms with Gasteiger partial charge in [-0.3, -0.25) is 14.5 Å². The van der Waals surface area contributed by atoms with E-state index in [0.717, 1.165) is 51.9 Å². The molecule has 5 heteroatoms. The van der Waals surface area contributed by atoms with E-state index in [4.69, 9.17) is 0 Å². The summed E-state index contributed by atoms with van der Waals surface area (Å²) in [7, 11) is 0. The van der Waals surface area contributed by atoms with Crippen LogP contribution in [0.4, 0.5) is 0 Å². The molecule has 2 aliphatic rings. The van der Waals surface area contributed by atoms with Gasteiger partial charge in [0.05, 0.1) is 5.92 Å². The van der Waals surface area contributed by atoms with Crippen molar-refractivity contribution in [2.24, 2.45) is 5.92 Å². The summed E-state index contributed by atoms with van der Waals surface area (Å²) in [4.78, 5) is 28.6. The first-order chi connectivity index (χ1) is 12.1. The highest BCUT2D eigenvalue weighted by atomic mass is 16.2. The average molecular weight is 343 g/mol. The van der Waals surface area contributed by atoms with E-state index in [1.54, 1.807) is 6.92 Å². The first-order valence-electron chi connectivity index (χ1n) is 9.44. The summed E-state index contributed by atoms with van der Waals surface area (Å²) in [5, 5.41) is 2.97. The van der Waals surface area contributed by atoms with Crippen LogP contribution in [-0.2, 0) is 16.1 Å². The molecule has 0 unspecified atom stereocenters. The molecule has 2 aliphatic heterocycles. The van der Waals surface area contributed by atoms with Gasteiger partial charge in [-0.25, -0.2) is 0 Å². The van der Waals surface area contributed by atoms with Crippen LogP contribution in [0.3, 0.4) is 0 Å². The van der Waals surface area contributed by atoms with Crippen molar-refractivity contribution >= 4 is 11.8 Å². The number of carbonyl (C=O) groups is 2. The standard InChI is InChI=1S/C20H29N3O2/c1-16(24)21-19-10-6-12-23(15-19)20(25)18-9-5-11-22(14-18)13-17-7-3-2-4-8-17/h2-4,7-8,18-19H,5-6,9-15H2,1H3,(H,21,24)/t18-,19-/m0/s1. The van der Waals surface area contributed by atoms with Gasteiger partial charge in [0.25, 0.3) is 0 Å². The van der Waals surface area contributed by atoms with Crippen molar-refractivity contribution in [3.8, 4) is 0 Å². The second kappa shape index (κ2) is 8.48. The Morgan fingerprint density at radius 1 is 1.08 bits per heavy atom. The van der Waals surface area contributed by atoms with E-state index in [2.05, 4.69) is 34.5 Å². The summed E-state index contributed by atoms with van der Waals surface area (Å²) in [5.74, 6) is 0.354. The van der Waals surface area contributed by atoms with E-state index >= 15 is 0 Å². The number of hydrogen-bond donors (Lipinski definition) is 1. The molecule has 2 atom stereocenters. The molecule has 3 rings (SSSR count). The van der Waals surface area contributed by atoms with Crippen molar-refractivity contribution in [2.75, 3.05) is 26.2 Å². The molecule has 1 aromatic carbocycles. The first-order valence-corrected chi connectivity index (χ1v) is 9.44. The summed E-state index contributed by atoms with van der Waals surface area (Å²) in [6.45, 7) is 5.85. The number of likely N-dealkylation sites (tertiary alicyclic amines) is 2. The molecule has 2 saturated heterocycles. The smallest absolute Gasteiger partial charge is 0.227 e. The molecule has 1 N–H and O–H groups in total. The van der Waals surface area contributed by atoms with Gasteiger partial charge in [-0.1, -0.05) is 30.3 Å². The molecule has 2 fully saturated rings. The second-order valence-electron chi connectivity index (χ2n) is 7.38. The lowest BCUT2D eigenvalue weighted by atomic mass is 9.94. The predicted molar refractivity (Wildman–Crippen MR) is 97.9 cm³/mol. The zero-order valence-electron chi connectivity index (χ0n) is 15.1. The quantitative estimate of drug-likeness (QED) is 0.910. The Kier molecular flexibility index (Phi) is 6.08. The van der Waals surface area contributed by atoms with Gasteiger partial charge in [-0.15, -0.1) is 0 Å². The maximum Gasteiger partial charge on any atom is 0.227 e. The Balaban J connectivity index is 1.55. The topological polar surface area (TPSA) is 52.7 Å². The Morgan fingerprint density at radius 3 is 2.60 bits per heavy atom. The van der Waals surface area contributed by atoms with Crippen molar-refractivity contribution in [2.45, 2.75) is 45.2 Å². The second-order valence-corrected chi connectivity index (χ2v) is 7.38. The fourth-order valence-corrected chi connectivity index (χ4v) is 4.08. The van der Waals surface area contributed by atoms with Gasteiger partial charge in [-0.05, 0) is 37.8 Å². The molecule has 0 saturated carbocycles. The Morgan fingerprint density at radius 2 is 1.84 bits per heavy atom. The van der Waals surface area contributed by atoms with Gasteiger partial charge in [0, 0.05) is 39.1 Å². The van der Waals surface area contributed by atoms with Crippen molar-refractivity contribution in [1.29, 1.82) is 0 Å². The van der Waals surface area contributed by atoms with Gasteiger partial charge in [0.1, 0.15) is 0 Å². The van der Waals surface area contributed by atoms with Crippen LogP contribution in [0.15, 0.2) is 30.3 Å². The number of benzene rings is 1. The highest BCUT2D eigenvalue weighted by Crippen LogP contribution is 2.22. The van der Waals surface area contributed by atoms with Gasteiger partial charge in [0.2, 0.25) is 11.8 Å². The van der Waals surface area contributed by atoms with Crippen LogP contribution < -0.4 is 5.32 Å². The molecule has 0 aliphatic carbocycles. The summed E-state index contributed by atoms with van der Waals surface area (Å²) in [5.41, 5.74) is 1.30. The molecule has 0 spiro atoms. The summed E-state index contributed by atoms with van der Waals surface area (Å²) < 4.78 is 0. The fourth-order valence-electron chi connectivity index (χ4n) is 4.08. The lowest BCUT2D eigenvalue weighted by molar-refractivity contribution is -0.139. The summed E-state index contributed by atoms with van der Waals surface area (Å²) in [6.07, 6.45) is 3.99. The molecule has 0 radical (unpaired) electrons. The zero-order valence-corrected chi connectivity index (χ0v) is 15.1. The normalized spacial score (nSPS) is 24.8. The molecule has 0 aromatic heterocycles. The monoisotopic (exact) mass is 343 g/mol. The Hall–Kier alpha value is -1.88. The predicted octanol–water partition coefficient (Wildman–Crippen LogP) is 2.03. The molecule has 0 bridgehead atoms. The number of piperidine rings is 2. The van der Waals surface area contributed by atoms with Crippen molar-refractivity contribution < 1.29 is 9.59 Å². The van der Waals surface area contributed by atoms with E-state index in [1.165, 1.54) is 5.56 Å². The van der Waals surface area contributed by atoms with Gasteiger partial charge in [-0.2, -0.15) is 0 Å². The molecule has 25 heavy (non-hydrogen) atoms. The minimum absolute atomic E-state index is 0.00833. The third-order valence-electron chi connectivity index (χ3n) is 5.24. The lowest BCUT2D eigenvalue weighted by Crippen LogP contribution is -2.52. The molecular weight excluding hydrogens is 314 g/mol.